The number of carbonyl (C=O) groups excluding carboxylic acids is 1. The molecule has 0 unspecified atom stereocenters. The molecule has 2 aromatic rings. The molecule has 2 aromatic heterocycles. The van der Waals surface area contributed by atoms with E-state index in [2.05, 4.69) is 23.7 Å². The van der Waals surface area contributed by atoms with Gasteiger partial charge in [-0.2, -0.15) is 0 Å². The van der Waals surface area contributed by atoms with Gasteiger partial charge in [0, 0.05) is 36.1 Å². The van der Waals surface area contributed by atoms with Gasteiger partial charge in [0.15, 0.2) is 0 Å². The van der Waals surface area contributed by atoms with Crippen LogP contribution in [0.4, 0.5) is 5.69 Å². The minimum absolute atomic E-state index is 0.00198. The number of carboxylic acids is 1. The summed E-state index contributed by atoms with van der Waals surface area (Å²) in [4.78, 5) is 32.7. The molecule has 0 radical (unpaired) electrons. The van der Waals surface area contributed by atoms with Gasteiger partial charge in [0.05, 0.1) is 17.2 Å². The van der Waals surface area contributed by atoms with Crippen LogP contribution in [0.25, 0.3) is 0 Å². The standard InChI is InChI=1S/C28H36N2O4S/c1-19-9-11-21(12-10-19)26(31)30(20(2)14-17-34-24-8-6-7-16-29-24)23-18-22(13-15-28(3,4)5)35-25(23)27(32)33/h6-8,16,18-21H,9-12,14,17H2,1-5H3,(H,32,33)/t19-,20-,21-/m0/s1. The van der Waals surface area contributed by atoms with Crippen LogP contribution in [0.3, 0.4) is 0 Å². The van der Waals surface area contributed by atoms with Gasteiger partial charge < -0.3 is 14.7 Å². The van der Waals surface area contributed by atoms with Crippen molar-refractivity contribution in [1.82, 2.24) is 4.98 Å². The summed E-state index contributed by atoms with van der Waals surface area (Å²) in [6, 6.07) is 6.99. The topological polar surface area (TPSA) is 79.7 Å². The molecule has 3 rings (SSSR count). The van der Waals surface area contributed by atoms with Gasteiger partial charge in [-0.3, -0.25) is 4.79 Å². The quantitative estimate of drug-likeness (QED) is 0.437. The second-order valence-corrected chi connectivity index (χ2v) is 11.5. The average Bonchev–Trinajstić information content (AvgIpc) is 3.23. The lowest BCUT2D eigenvalue weighted by atomic mass is 9.82. The highest BCUT2D eigenvalue weighted by atomic mass is 32.1. The molecule has 0 aliphatic heterocycles. The van der Waals surface area contributed by atoms with Crippen molar-refractivity contribution in [2.45, 2.75) is 72.8 Å². The molecule has 2 heterocycles. The molecule has 1 aliphatic rings. The first-order valence-electron chi connectivity index (χ1n) is 12.3. The summed E-state index contributed by atoms with van der Waals surface area (Å²) in [5.74, 6) is 6.29. The number of hydrogen-bond acceptors (Lipinski definition) is 5. The van der Waals surface area contributed by atoms with Gasteiger partial charge in [0.2, 0.25) is 11.8 Å². The third kappa shape index (κ3) is 7.57. The van der Waals surface area contributed by atoms with Gasteiger partial charge in [0.1, 0.15) is 4.88 Å². The lowest BCUT2D eigenvalue weighted by Gasteiger charge is -2.34. The summed E-state index contributed by atoms with van der Waals surface area (Å²) in [5, 5.41) is 9.98. The maximum Gasteiger partial charge on any atom is 0.348 e. The minimum atomic E-state index is -1.04. The number of carbonyl (C=O) groups is 2. The first-order valence-corrected chi connectivity index (χ1v) is 13.1. The number of rotatable bonds is 8. The lowest BCUT2D eigenvalue weighted by Crippen LogP contribution is -2.44. The third-order valence-corrected chi connectivity index (χ3v) is 7.22. The molecular formula is C28H36N2O4S. The summed E-state index contributed by atoms with van der Waals surface area (Å²) in [5.41, 5.74) is 0.229. The fourth-order valence-electron chi connectivity index (χ4n) is 4.20. The SMILES string of the molecule is C[C@@H](CCOc1ccccn1)N(c1cc(C#CC(C)(C)C)sc1C(=O)O)C(=O)[C@H]1CC[C@H](C)CC1. The molecule has 0 aromatic carbocycles. The number of pyridine rings is 1. The number of aromatic nitrogens is 1. The van der Waals surface area contributed by atoms with Crippen molar-refractivity contribution in [3.8, 4) is 17.7 Å². The van der Waals surface area contributed by atoms with E-state index >= 15 is 0 Å². The van der Waals surface area contributed by atoms with E-state index in [-0.39, 0.29) is 28.2 Å². The van der Waals surface area contributed by atoms with E-state index in [0.29, 0.717) is 35.4 Å². The fraction of sp³-hybridized carbons (Fsp3) is 0.536. The van der Waals surface area contributed by atoms with E-state index < -0.39 is 5.97 Å². The second-order valence-electron chi connectivity index (χ2n) is 10.4. The maximum absolute atomic E-state index is 13.8. The first kappa shape index (κ1) is 26.7. The normalized spacial score (nSPS) is 18.8. The summed E-state index contributed by atoms with van der Waals surface area (Å²) in [6.07, 6.45) is 5.90. The Morgan fingerprint density at radius 2 is 1.97 bits per heavy atom. The van der Waals surface area contributed by atoms with Crippen molar-refractivity contribution in [3.63, 3.8) is 0 Å². The highest BCUT2D eigenvalue weighted by molar-refractivity contribution is 7.15. The largest absolute Gasteiger partial charge is 0.478 e. The Morgan fingerprint density at radius 3 is 2.57 bits per heavy atom. The van der Waals surface area contributed by atoms with Crippen LogP contribution < -0.4 is 9.64 Å². The Morgan fingerprint density at radius 1 is 1.26 bits per heavy atom. The molecule has 1 N–H and O–H groups in total. The van der Waals surface area contributed by atoms with E-state index in [1.165, 1.54) is 0 Å². The Labute approximate surface area is 212 Å². The van der Waals surface area contributed by atoms with Gasteiger partial charge in [-0.15, -0.1) is 11.3 Å². The van der Waals surface area contributed by atoms with Crippen molar-refractivity contribution in [3.05, 3.63) is 40.2 Å². The maximum atomic E-state index is 13.8. The Balaban J connectivity index is 1.90. The fourth-order valence-corrected chi connectivity index (χ4v) is 5.04. The second kappa shape index (κ2) is 11.7. The van der Waals surface area contributed by atoms with E-state index in [0.717, 1.165) is 37.0 Å². The molecule has 1 aliphatic carbocycles. The van der Waals surface area contributed by atoms with Gasteiger partial charge in [-0.05, 0) is 71.4 Å². The van der Waals surface area contributed by atoms with Crippen molar-refractivity contribution in [2.75, 3.05) is 11.5 Å². The number of amides is 1. The minimum Gasteiger partial charge on any atom is -0.478 e. The van der Waals surface area contributed by atoms with Crippen molar-refractivity contribution < 1.29 is 19.4 Å². The van der Waals surface area contributed by atoms with Gasteiger partial charge >= 0.3 is 5.97 Å². The number of hydrogen-bond donors (Lipinski definition) is 1. The number of ether oxygens (including phenoxy) is 1. The van der Waals surface area contributed by atoms with E-state index in [1.807, 2.05) is 39.8 Å². The molecule has 1 saturated carbocycles. The first-order chi connectivity index (χ1) is 16.5. The zero-order chi connectivity index (χ0) is 25.6. The smallest absolute Gasteiger partial charge is 0.348 e. The van der Waals surface area contributed by atoms with Crippen LogP contribution in [0.5, 0.6) is 5.88 Å². The zero-order valence-corrected chi connectivity index (χ0v) is 22.2. The van der Waals surface area contributed by atoms with Crippen LogP contribution in [0.1, 0.15) is 81.3 Å². The number of thiophene rings is 1. The predicted octanol–water partition coefficient (Wildman–Crippen LogP) is 6.26. The molecule has 0 spiro atoms. The molecule has 35 heavy (non-hydrogen) atoms. The lowest BCUT2D eigenvalue weighted by molar-refractivity contribution is -0.124. The Bertz CT molecular complexity index is 1070. The van der Waals surface area contributed by atoms with Crippen molar-refractivity contribution in [1.29, 1.82) is 0 Å². The molecular weight excluding hydrogens is 460 g/mol. The number of nitrogens with zero attached hydrogens (tertiary/aromatic N) is 2. The molecule has 1 atom stereocenters. The summed E-state index contributed by atoms with van der Waals surface area (Å²) >= 11 is 1.13. The number of anilines is 1. The highest BCUT2D eigenvalue weighted by Gasteiger charge is 2.34. The predicted molar refractivity (Wildman–Crippen MR) is 140 cm³/mol. The summed E-state index contributed by atoms with van der Waals surface area (Å²) < 4.78 is 5.78. The Kier molecular flexibility index (Phi) is 8.96. The number of carboxylic acid groups (broad SMARTS) is 1. The van der Waals surface area contributed by atoms with Crippen LogP contribution in [0.15, 0.2) is 30.5 Å². The monoisotopic (exact) mass is 496 g/mol. The zero-order valence-electron chi connectivity index (χ0n) is 21.3. The molecule has 6 nitrogen and oxygen atoms in total. The van der Waals surface area contributed by atoms with E-state index in [4.69, 9.17) is 4.74 Å². The van der Waals surface area contributed by atoms with Crippen LogP contribution in [-0.2, 0) is 4.79 Å². The molecule has 1 fully saturated rings. The van der Waals surface area contributed by atoms with E-state index in [1.54, 1.807) is 23.2 Å². The van der Waals surface area contributed by atoms with Crippen LogP contribution in [0.2, 0.25) is 0 Å². The third-order valence-electron chi connectivity index (χ3n) is 6.19. The molecule has 1 amide bonds. The van der Waals surface area contributed by atoms with Crippen LogP contribution in [-0.4, -0.2) is 34.6 Å². The molecule has 7 heteroatoms. The average molecular weight is 497 g/mol. The van der Waals surface area contributed by atoms with Gasteiger partial charge in [-0.1, -0.05) is 24.8 Å². The number of aromatic carboxylic acids is 1. The summed E-state index contributed by atoms with van der Waals surface area (Å²) in [6.45, 7) is 10.6. The van der Waals surface area contributed by atoms with Crippen molar-refractivity contribution >= 4 is 28.9 Å². The summed E-state index contributed by atoms with van der Waals surface area (Å²) in [7, 11) is 0. The van der Waals surface area contributed by atoms with Gasteiger partial charge in [-0.25, -0.2) is 9.78 Å². The van der Waals surface area contributed by atoms with Crippen LogP contribution >= 0.6 is 11.3 Å². The molecule has 0 saturated heterocycles. The molecule has 0 bridgehead atoms. The van der Waals surface area contributed by atoms with Crippen LogP contribution in [0, 0.1) is 29.1 Å². The van der Waals surface area contributed by atoms with Gasteiger partial charge in [0.25, 0.3) is 0 Å². The van der Waals surface area contributed by atoms with Crippen molar-refractivity contribution in [2.24, 2.45) is 17.3 Å². The van der Waals surface area contributed by atoms with E-state index in [9.17, 15) is 14.7 Å². The molecule has 188 valence electrons. The highest BCUT2D eigenvalue weighted by Crippen LogP contribution is 2.36. The Hall–Kier alpha value is -2.85.